The van der Waals surface area contributed by atoms with Crippen LogP contribution in [0.4, 0.5) is 0 Å². The average Bonchev–Trinajstić information content (AvgIpc) is 2.65. The molecule has 0 radical (unpaired) electrons. The fourth-order valence-electron chi connectivity index (χ4n) is 0.828. The lowest BCUT2D eigenvalue weighted by Gasteiger charge is -1.91. The van der Waals surface area contributed by atoms with Gasteiger partial charge in [0.25, 0.3) is 0 Å². The van der Waals surface area contributed by atoms with Gasteiger partial charge in [0.05, 0.1) is 19.9 Å². The Hall–Kier alpha value is -1.94. The van der Waals surface area contributed by atoms with Gasteiger partial charge in [-0.2, -0.15) is 4.79 Å². The van der Waals surface area contributed by atoms with E-state index in [2.05, 4.69) is 19.5 Å². The standard InChI is InChI=1S/C7H8N4O2/c1-13-7(12)6(11-8)2-5-3-9-4-10-5/h3-4H,2H2,1H3,(H,9,10). The molecule has 0 fully saturated rings. The largest absolute Gasteiger partial charge is 0.460 e. The molecule has 6 heteroatoms. The fraction of sp³-hybridized carbons (Fsp3) is 0.286. The second kappa shape index (κ2) is 4.18. The topological polar surface area (TPSA) is 91.4 Å². The van der Waals surface area contributed by atoms with Crippen molar-refractivity contribution in [3.63, 3.8) is 0 Å². The number of carbonyl (C=O) groups is 1. The Kier molecular flexibility index (Phi) is 2.94. The van der Waals surface area contributed by atoms with E-state index in [0.29, 0.717) is 5.69 Å². The first-order valence-corrected chi connectivity index (χ1v) is 3.54. The van der Waals surface area contributed by atoms with Crippen LogP contribution in [0, 0.1) is 0 Å². The number of ether oxygens (including phenoxy) is 1. The number of H-pyrrole nitrogens is 1. The summed E-state index contributed by atoms with van der Waals surface area (Å²) < 4.78 is 4.39. The molecule has 0 atom stereocenters. The van der Waals surface area contributed by atoms with Crippen molar-refractivity contribution in [3.8, 4) is 0 Å². The van der Waals surface area contributed by atoms with E-state index in [1.807, 2.05) is 0 Å². The lowest BCUT2D eigenvalue weighted by atomic mass is 10.2. The molecule has 0 aliphatic rings. The predicted molar refractivity (Wildman–Crippen MR) is 42.9 cm³/mol. The molecule has 6 nitrogen and oxygen atoms in total. The molecule has 13 heavy (non-hydrogen) atoms. The summed E-state index contributed by atoms with van der Waals surface area (Å²) >= 11 is 0. The van der Waals surface area contributed by atoms with Crippen LogP contribution in [0.15, 0.2) is 12.5 Å². The molecule has 0 bridgehead atoms. The first-order valence-electron chi connectivity index (χ1n) is 3.54. The molecule has 1 rings (SSSR count). The number of hydrogen-bond acceptors (Lipinski definition) is 3. The Balaban J connectivity index is 2.72. The zero-order valence-electron chi connectivity index (χ0n) is 7.02. The number of carbonyl (C=O) groups excluding carboxylic acids is 1. The Labute approximate surface area is 74.2 Å². The first-order chi connectivity index (χ1) is 6.27. The molecule has 0 aliphatic heterocycles. The molecule has 1 heterocycles. The summed E-state index contributed by atoms with van der Waals surface area (Å²) in [6.07, 6.45) is 3.18. The minimum absolute atomic E-state index is 0.0632. The summed E-state index contributed by atoms with van der Waals surface area (Å²) in [6.45, 7) is 0. The van der Waals surface area contributed by atoms with Gasteiger partial charge in [-0.05, 0) is 0 Å². The SMILES string of the molecule is COC(=O)C(Cc1cnc[nH]1)=[N+]=[N-]. The lowest BCUT2D eigenvalue weighted by Crippen LogP contribution is -2.19. The number of methoxy groups -OCH3 is 1. The number of aromatic nitrogens is 2. The molecular weight excluding hydrogens is 172 g/mol. The van der Waals surface area contributed by atoms with Crippen LogP contribution in [0.3, 0.4) is 0 Å². The molecule has 0 aliphatic carbocycles. The minimum atomic E-state index is -0.655. The van der Waals surface area contributed by atoms with Gasteiger partial charge in [-0.3, -0.25) is 0 Å². The molecular formula is C7H8N4O2. The maximum absolute atomic E-state index is 10.9. The highest BCUT2D eigenvalue weighted by Gasteiger charge is 2.21. The molecule has 1 aromatic rings. The van der Waals surface area contributed by atoms with E-state index >= 15 is 0 Å². The third-order valence-corrected chi connectivity index (χ3v) is 1.45. The molecule has 1 N–H and O–H groups in total. The average molecular weight is 180 g/mol. The molecule has 0 aromatic carbocycles. The van der Waals surface area contributed by atoms with Crippen molar-refractivity contribution < 1.29 is 14.3 Å². The Bertz CT molecular complexity index is 337. The molecule has 0 saturated heterocycles. The van der Waals surface area contributed by atoms with Gasteiger partial charge < -0.3 is 15.3 Å². The van der Waals surface area contributed by atoms with Crippen LogP contribution >= 0.6 is 0 Å². The van der Waals surface area contributed by atoms with E-state index in [0.717, 1.165) is 0 Å². The third kappa shape index (κ3) is 2.25. The van der Waals surface area contributed by atoms with Crippen LogP contribution < -0.4 is 0 Å². The van der Waals surface area contributed by atoms with E-state index < -0.39 is 5.97 Å². The molecule has 0 unspecified atom stereocenters. The second-order valence-corrected chi connectivity index (χ2v) is 2.29. The van der Waals surface area contributed by atoms with Gasteiger partial charge in [-0.15, -0.1) is 0 Å². The Morgan fingerprint density at radius 2 is 2.62 bits per heavy atom. The highest BCUT2D eigenvalue weighted by atomic mass is 16.5. The van der Waals surface area contributed by atoms with Gasteiger partial charge in [-0.1, -0.05) is 0 Å². The predicted octanol–water partition coefficient (Wildman–Crippen LogP) is -0.204. The number of aromatic amines is 1. The van der Waals surface area contributed by atoms with Crippen molar-refractivity contribution >= 4 is 11.7 Å². The Morgan fingerprint density at radius 3 is 3.08 bits per heavy atom. The van der Waals surface area contributed by atoms with Crippen molar-refractivity contribution in [2.24, 2.45) is 0 Å². The lowest BCUT2D eigenvalue weighted by molar-refractivity contribution is -0.137. The van der Waals surface area contributed by atoms with Gasteiger partial charge in [0, 0.05) is 11.9 Å². The van der Waals surface area contributed by atoms with Gasteiger partial charge in [0.2, 0.25) is 0 Å². The molecule has 0 amide bonds. The van der Waals surface area contributed by atoms with Gasteiger partial charge in [0.15, 0.2) is 0 Å². The van der Waals surface area contributed by atoms with Crippen molar-refractivity contribution in [2.75, 3.05) is 7.11 Å². The van der Waals surface area contributed by atoms with Gasteiger partial charge in [0.1, 0.15) is 0 Å². The van der Waals surface area contributed by atoms with Gasteiger partial charge in [-0.25, -0.2) is 9.78 Å². The van der Waals surface area contributed by atoms with E-state index in [9.17, 15) is 4.79 Å². The third-order valence-electron chi connectivity index (χ3n) is 1.45. The minimum Gasteiger partial charge on any atom is -0.460 e. The number of imidazole rings is 1. The fourth-order valence-corrected chi connectivity index (χ4v) is 0.828. The zero-order chi connectivity index (χ0) is 9.68. The number of hydrogen-bond donors (Lipinski definition) is 1. The highest BCUT2D eigenvalue weighted by molar-refractivity contribution is 6.34. The van der Waals surface area contributed by atoms with E-state index in [4.69, 9.17) is 5.53 Å². The maximum atomic E-state index is 10.9. The van der Waals surface area contributed by atoms with Crippen molar-refractivity contribution in [1.29, 1.82) is 0 Å². The number of rotatable bonds is 3. The Morgan fingerprint density at radius 1 is 1.85 bits per heavy atom. The van der Waals surface area contributed by atoms with Gasteiger partial charge >= 0.3 is 11.7 Å². The van der Waals surface area contributed by atoms with Crippen LogP contribution in [0.5, 0.6) is 0 Å². The molecule has 0 saturated carbocycles. The number of nitrogens with one attached hydrogen (secondary N) is 1. The summed E-state index contributed by atoms with van der Waals surface area (Å²) in [5, 5.41) is 0. The van der Waals surface area contributed by atoms with E-state index in [-0.39, 0.29) is 12.1 Å². The van der Waals surface area contributed by atoms with Crippen LogP contribution in [-0.2, 0) is 16.0 Å². The summed E-state index contributed by atoms with van der Waals surface area (Å²) in [4.78, 5) is 20.3. The van der Waals surface area contributed by atoms with Crippen molar-refractivity contribution in [1.82, 2.24) is 9.97 Å². The normalized spacial score (nSPS) is 9.00. The summed E-state index contributed by atoms with van der Waals surface area (Å²) in [6, 6.07) is 0. The summed E-state index contributed by atoms with van der Waals surface area (Å²) in [5.74, 6) is -0.655. The summed E-state index contributed by atoms with van der Waals surface area (Å²) in [5.41, 5.74) is 9.09. The first kappa shape index (κ1) is 9.15. The van der Waals surface area contributed by atoms with Crippen LogP contribution in [0.25, 0.3) is 5.53 Å². The second-order valence-electron chi connectivity index (χ2n) is 2.29. The van der Waals surface area contributed by atoms with Crippen LogP contribution in [0.1, 0.15) is 5.69 Å². The van der Waals surface area contributed by atoms with Crippen LogP contribution in [-0.4, -0.2) is 33.5 Å². The highest BCUT2D eigenvalue weighted by Crippen LogP contribution is 1.94. The quantitative estimate of drug-likeness (QED) is 0.302. The van der Waals surface area contributed by atoms with Crippen molar-refractivity contribution in [2.45, 2.75) is 6.42 Å². The number of esters is 1. The number of nitrogens with zero attached hydrogens (tertiary/aromatic N) is 3. The van der Waals surface area contributed by atoms with Crippen molar-refractivity contribution in [3.05, 3.63) is 23.7 Å². The molecule has 0 spiro atoms. The zero-order valence-corrected chi connectivity index (χ0v) is 7.02. The monoisotopic (exact) mass is 180 g/mol. The van der Waals surface area contributed by atoms with Crippen LogP contribution in [0.2, 0.25) is 0 Å². The maximum Gasteiger partial charge on any atom is 0.417 e. The summed E-state index contributed by atoms with van der Waals surface area (Å²) in [7, 11) is 1.22. The smallest absolute Gasteiger partial charge is 0.417 e. The van der Waals surface area contributed by atoms with E-state index in [1.165, 1.54) is 19.6 Å². The molecule has 68 valence electrons. The van der Waals surface area contributed by atoms with E-state index in [1.54, 1.807) is 0 Å². The molecule has 1 aromatic heterocycles.